The van der Waals surface area contributed by atoms with E-state index < -0.39 is 40.8 Å². The van der Waals surface area contributed by atoms with Crippen molar-refractivity contribution in [3.8, 4) is 5.75 Å². The molecule has 0 saturated carbocycles. The minimum Gasteiger partial charge on any atom is -0.494 e. The Morgan fingerprint density at radius 2 is 1.54 bits per heavy atom. The number of hydrogen-bond donors (Lipinski definition) is 0. The molecule has 124 valence electrons. The molecule has 0 spiro atoms. The van der Waals surface area contributed by atoms with Crippen LogP contribution in [0.25, 0.3) is 0 Å². The number of fused-ring (bicyclic) bond motifs is 1. The molecule has 2 aromatic carbocycles. The molecule has 1 heterocycles. The van der Waals surface area contributed by atoms with Gasteiger partial charge in [0.2, 0.25) is 0 Å². The third kappa shape index (κ3) is 2.31. The number of ether oxygens (including phenoxy) is 1. The van der Waals surface area contributed by atoms with E-state index in [-0.39, 0.29) is 17.2 Å². The lowest BCUT2D eigenvalue weighted by atomic mass is 10.1. The number of carbonyl (C=O) groups is 2. The highest BCUT2D eigenvalue weighted by Crippen LogP contribution is 2.44. The van der Waals surface area contributed by atoms with Crippen molar-refractivity contribution in [3.63, 3.8) is 0 Å². The number of rotatable bonds is 2. The molecule has 0 bridgehead atoms. The van der Waals surface area contributed by atoms with Crippen LogP contribution >= 0.6 is 0 Å². The number of amides is 2. The lowest BCUT2D eigenvalue weighted by Crippen LogP contribution is -2.30. The molecule has 0 aliphatic carbocycles. The van der Waals surface area contributed by atoms with Gasteiger partial charge in [-0.1, -0.05) is 12.1 Å². The normalized spacial score (nSPS) is 14.1. The first-order valence-corrected chi connectivity index (χ1v) is 6.68. The van der Waals surface area contributed by atoms with Crippen LogP contribution < -0.4 is 9.64 Å². The smallest absolute Gasteiger partial charge is 0.420 e. The summed E-state index contributed by atoms with van der Waals surface area (Å²) >= 11 is 0. The third-order valence-corrected chi connectivity index (χ3v) is 3.58. The summed E-state index contributed by atoms with van der Waals surface area (Å²) in [6.45, 7) is 0. The molecule has 2 amide bonds. The van der Waals surface area contributed by atoms with E-state index in [0.29, 0.717) is 11.0 Å². The average molecular weight is 339 g/mol. The fourth-order valence-corrected chi connectivity index (χ4v) is 2.58. The summed E-state index contributed by atoms with van der Waals surface area (Å²) < 4.78 is 57.8. The number of nitrogens with zero attached hydrogens (tertiary/aromatic N) is 1. The molecule has 8 heteroatoms. The van der Waals surface area contributed by atoms with E-state index in [0.717, 1.165) is 7.11 Å². The second kappa shape index (κ2) is 5.33. The Bertz CT molecular complexity index is 826. The van der Waals surface area contributed by atoms with E-state index in [2.05, 4.69) is 0 Å². The van der Waals surface area contributed by atoms with Gasteiger partial charge in [-0.25, -0.2) is 9.29 Å². The number of imide groups is 1. The molecule has 3 rings (SSSR count). The van der Waals surface area contributed by atoms with Crippen molar-refractivity contribution in [3.05, 3.63) is 58.9 Å². The Morgan fingerprint density at radius 1 is 1.00 bits per heavy atom. The second-order valence-electron chi connectivity index (χ2n) is 4.99. The quantitative estimate of drug-likeness (QED) is 0.620. The van der Waals surface area contributed by atoms with Crippen molar-refractivity contribution in [2.75, 3.05) is 12.0 Å². The molecule has 0 N–H and O–H groups in total. The van der Waals surface area contributed by atoms with E-state index in [4.69, 9.17) is 4.74 Å². The van der Waals surface area contributed by atoms with Crippen molar-refractivity contribution in [1.29, 1.82) is 0 Å². The second-order valence-corrected chi connectivity index (χ2v) is 4.99. The summed E-state index contributed by atoms with van der Waals surface area (Å²) in [5.41, 5.74) is -1.93. The first kappa shape index (κ1) is 16.0. The van der Waals surface area contributed by atoms with Gasteiger partial charge in [0.15, 0.2) is 5.75 Å². The van der Waals surface area contributed by atoms with Crippen LogP contribution in [0.1, 0.15) is 26.3 Å². The van der Waals surface area contributed by atoms with Gasteiger partial charge in [0.1, 0.15) is 11.4 Å². The summed E-state index contributed by atoms with van der Waals surface area (Å²) in [6.07, 6.45) is -4.92. The van der Waals surface area contributed by atoms with E-state index in [1.807, 2.05) is 0 Å². The molecule has 2 aromatic rings. The molecule has 1 aliphatic heterocycles. The van der Waals surface area contributed by atoms with Gasteiger partial charge in [0, 0.05) is 6.07 Å². The maximum absolute atomic E-state index is 13.7. The van der Waals surface area contributed by atoms with Crippen molar-refractivity contribution < 1.29 is 31.9 Å². The molecule has 4 nitrogen and oxygen atoms in total. The Balaban J connectivity index is 2.23. The predicted molar refractivity (Wildman–Crippen MR) is 75.5 cm³/mol. The monoisotopic (exact) mass is 339 g/mol. The van der Waals surface area contributed by atoms with Gasteiger partial charge in [-0.2, -0.15) is 13.2 Å². The fourth-order valence-electron chi connectivity index (χ4n) is 2.58. The zero-order chi connectivity index (χ0) is 17.6. The van der Waals surface area contributed by atoms with Crippen molar-refractivity contribution in [1.82, 2.24) is 0 Å². The molecule has 0 saturated heterocycles. The van der Waals surface area contributed by atoms with Gasteiger partial charge in [-0.3, -0.25) is 9.59 Å². The molecule has 0 aromatic heterocycles. The van der Waals surface area contributed by atoms with Crippen molar-refractivity contribution in [2.24, 2.45) is 0 Å². The molecular weight excluding hydrogens is 330 g/mol. The Hall–Kier alpha value is -2.90. The van der Waals surface area contributed by atoms with Crippen LogP contribution in [-0.4, -0.2) is 18.9 Å². The minimum atomic E-state index is -4.92. The first-order chi connectivity index (χ1) is 11.3. The number of halogens is 4. The van der Waals surface area contributed by atoms with Crippen LogP contribution in [0.2, 0.25) is 0 Å². The van der Waals surface area contributed by atoms with Gasteiger partial charge in [0.25, 0.3) is 11.8 Å². The summed E-state index contributed by atoms with van der Waals surface area (Å²) in [5.74, 6) is -3.71. The maximum atomic E-state index is 13.7. The minimum absolute atomic E-state index is 0.0300. The number of benzene rings is 2. The zero-order valence-electron chi connectivity index (χ0n) is 12.1. The Labute approximate surface area is 133 Å². The van der Waals surface area contributed by atoms with Gasteiger partial charge >= 0.3 is 6.18 Å². The highest BCUT2D eigenvalue weighted by molar-refractivity contribution is 6.34. The van der Waals surface area contributed by atoms with Crippen molar-refractivity contribution in [2.45, 2.75) is 6.18 Å². The van der Waals surface area contributed by atoms with Crippen LogP contribution in [0.4, 0.5) is 23.2 Å². The number of alkyl halides is 3. The van der Waals surface area contributed by atoms with Gasteiger partial charge < -0.3 is 4.74 Å². The number of carbonyl (C=O) groups excluding carboxylic acids is 2. The van der Waals surface area contributed by atoms with Crippen molar-refractivity contribution >= 4 is 17.5 Å². The highest BCUT2D eigenvalue weighted by atomic mass is 19.4. The lowest BCUT2D eigenvalue weighted by Gasteiger charge is -2.21. The van der Waals surface area contributed by atoms with E-state index in [1.54, 1.807) is 0 Å². The van der Waals surface area contributed by atoms with Gasteiger partial charge in [0.05, 0.1) is 23.9 Å². The van der Waals surface area contributed by atoms with Crippen LogP contribution in [0.5, 0.6) is 5.75 Å². The highest BCUT2D eigenvalue weighted by Gasteiger charge is 2.42. The fraction of sp³-hybridized carbons (Fsp3) is 0.125. The first-order valence-electron chi connectivity index (χ1n) is 6.68. The molecule has 0 radical (unpaired) electrons. The molecule has 0 atom stereocenters. The average Bonchev–Trinajstić information content (AvgIpc) is 2.77. The Kier molecular flexibility index (Phi) is 3.55. The molecular formula is C16H9F4NO3. The maximum Gasteiger partial charge on any atom is 0.420 e. The molecule has 1 aliphatic rings. The van der Waals surface area contributed by atoms with Crippen LogP contribution in [0.15, 0.2) is 36.4 Å². The van der Waals surface area contributed by atoms with E-state index >= 15 is 0 Å². The van der Waals surface area contributed by atoms with Crippen LogP contribution in [0, 0.1) is 5.82 Å². The number of anilines is 1. The number of methoxy groups -OCH3 is 1. The van der Waals surface area contributed by atoms with Gasteiger partial charge in [-0.05, 0) is 18.2 Å². The largest absolute Gasteiger partial charge is 0.494 e. The number of hydrogen-bond acceptors (Lipinski definition) is 3. The zero-order valence-corrected chi connectivity index (χ0v) is 12.1. The summed E-state index contributed by atoms with van der Waals surface area (Å²) in [5, 5.41) is 0. The standard InChI is InChI=1S/C16H9F4NO3/c1-24-13-11(16(18,19)20)6-8(17)7-12(13)21-14(22)9-4-2-3-5-10(9)15(21)23/h2-7H,1H3. The lowest BCUT2D eigenvalue weighted by molar-refractivity contribution is -0.138. The molecule has 24 heavy (non-hydrogen) atoms. The van der Waals surface area contributed by atoms with Crippen LogP contribution in [0.3, 0.4) is 0 Å². The van der Waals surface area contributed by atoms with E-state index in [9.17, 15) is 27.2 Å². The molecule has 0 unspecified atom stereocenters. The van der Waals surface area contributed by atoms with Crippen LogP contribution in [-0.2, 0) is 6.18 Å². The summed E-state index contributed by atoms with van der Waals surface area (Å²) in [6, 6.07) is 6.67. The molecule has 0 fully saturated rings. The van der Waals surface area contributed by atoms with Gasteiger partial charge in [-0.15, -0.1) is 0 Å². The Morgan fingerprint density at radius 3 is 2.00 bits per heavy atom. The third-order valence-electron chi connectivity index (χ3n) is 3.58. The topological polar surface area (TPSA) is 46.6 Å². The summed E-state index contributed by atoms with van der Waals surface area (Å²) in [4.78, 5) is 25.3. The SMILES string of the molecule is COc1c(N2C(=O)c3ccccc3C2=O)cc(F)cc1C(F)(F)F. The predicted octanol–water partition coefficient (Wildman–Crippen LogP) is 3.65. The van der Waals surface area contributed by atoms with E-state index in [1.165, 1.54) is 24.3 Å². The summed E-state index contributed by atoms with van der Waals surface area (Å²) in [7, 11) is 0.949.